The van der Waals surface area contributed by atoms with E-state index in [4.69, 9.17) is 0 Å². The van der Waals surface area contributed by atoms with Gasteiger partial charge in [-0.3, -0.25) is 4.68 Å². The molecule has 2 rings (SSSR count). The zero-order valence-electron chi connectivity index (χ0n) is 9.21. The summed E-state index contributed by atoms with van der Waals surface area (Å²) in [5, 5.41) is 17.1. The Morgan fingerprint density at radius 2 is 2.44 bits per heavy atom. The highest BCUT2D eigenvalue weighted by Crippen LogP contribution is 2.18. The van der Waals surface area contributed by atoms with Crippen molar-refractivity contribution in [3.8, 4) is 0 Å². The van der Waals surface area contributed by atoms with Crippen LogP contribution < -0.4 is 0 Å². The first-order valence-electron chi connectivity index (χ1n) is 5.38. The summed E-state index contributed by atoms with van der Waals surface area (Å²) in [6.07, 6.45) is 6.50. The summed E-state index contributed by atoms with van der Waals surface area (Å²) < 4.78 is 1.86. The lowest BCUT2D eigenvalue weighted by Crippen LogP contribution is -2.01. The minimum atomic E-state index is -0.503. The Balaban J connectivity index is 2.00. The number of nitrogens with zero attached hydrogens (tertiary/aromatic N) is 3. The second-order valence-electron chi connectivity index (χ2n) is 3.68. The Labute approximate surface area is 98.6 Å². The lowest BCUT2D eigenvalue weighted by molar-refractivity contribution is 0.178. The molecule has 0 radical (unpaired) electrons. The lowest BCUT2D eigenvalue weighted by Gasteiger charge is -2.05. The summed E-state index contributed by atoms with van der Waals surface area (Å²) in [5.41, 5.74) is 0.864. The van der Waals surface area contributed by atoms with E-state index < -0.39 is 6.10 Å². The first-order chi connectivity index (χ1) is 7.79. The van der Waals surface area contributed by atoms with Crippen LogP contribution in [0.15, 0.2) is 24.0 Å². The molecule has 0 aromatic carbocycles. The maximum Gasteiger partial charge on any atom is 0.0954 e. The Morgan fingerprint density at radius 1 is 1.56 bits per heavy atom. The second-order valence-corrected chi connectivity index (χ2v) is 4.66. The van der Waals surface area contributed by atoms with E-state index in [2.05, 4.69) is 17.0 Å². The molecule has 1 atom stereocenters. The molecule has 0 fully saturated rings. The van der Waals surface area contributed by atoms with Crippen LogP contribution in [0.1, 0.15) is 30.0 Å². The van der Waals surface area contributed by atoms with E-state index >= 15 is 0 Å². The van der Waals surface area contributed by atoms with Crippen LogP contribution in [-0.2, 0) is 13.0 Å². The molecule has 5 heteroatoms. The summed E-state index contributed by atoms with van der Waals surface area (Å²) in [7, 11) is 0. The Hall–Kier alpha value is -1.20. The zero-order valence-corrected chi connectivity index (χ0v) is 10.0. The second kappa shape index (κ2) is 5.23. The van der Waals surface area contributed by atoms with E-state index in [1.165, 1.54) is 0 Å². The molecule has 2 aromatic rings. The van der Waals surface area contributed by atoms with E-state index in [9.17, 15) is 5.11 Å². The molecule has 4 nitrogen and oxygen atoms in total. The Kier molecular flexibility index (Phi) is 3.69. The van der Waals surface area contributed by atoms with E-state index in [1.54, 1.807) is 23.7 Å². The van der Waals surface area contributed by atoms with Crippen molar-refractivity contribution >= 4 is 11.3 Å². The van der Waals surface area contributed by atoms with Crippen molar-refractivity contribution in [2.45, 2.75) is 32.4 Å². The highest BCUT2D eigenvalue weighted by Gasteiger charge is 2.12. The van der Waals surface area contributed by atoms with Crippen LogP contribution in [0.25, 0.3) is 0 Å². The summed E-state index contributed by atoms with van der Waals surface area (Å²) in [5.74, 6) is 0. The number of aliphatic hydroxyl groups excluding tert-OH is 1. The molecule has 0 aliphatic rings. The summed E-state index contributed by atoms with van der Waals surface area (Å²) >= 11 is 1.56. The van der Waals surface area contributed by atoms with Crippen LogP contribution in [0.3, 0.4) is 0 Å². The van der Waals surface area contributed by atoms with Crippen molar-refractivity contribution < 1.29 is 5.11 Å². The predicted octanol–water partition coefficient (Wildman–Crippen LogP) is 2.03. The van der Waals surface area contributed by atoms with Crippen LogP contribution in [-0.4, -0.2) is 19.9 Å². The quantitative estimate of drug-likeness (QED) is 0.865. The number of hydrogen-bond donors (Lipinski definition) is 1. The third kappa shape index (κ3) is 2.68. The molecule has 2 heterocycles. The van der Waals surface area contributed by atoms with Crippen LogP contribution in [0.4, 0.5) is 0 Å². The van der Waals surface area contributed by atoms with Gasteiger partial charge in [-0.05, 0) is 6.42 Å². The standard InChI is InChI=1S/C11H15N3OS/c1-2-4-14-8-9(7-13-14)10(15)6-11-12-3-5-16-11/h3,5,7-8,10,15H,2,4,6H2,1H3. The molecule has 1 unspecified atom stereocenters. The van der Waals surface area contributed by atoms with E-state index in [0.717, 1.165) is 23.5 Å². The van der Waals surface area contributed by atoms with Gasteiger partial charge in [0.1, 0.15) is 0 Å². The summed E-state index contributed by atoms with van der Waals surface area (Å²) in [4.78, 5) is 4.16. The highest BCUT2D eigenvalue weighted by atomic mass is 32.1. The third-order valence-electron chi connectivity index (χ3n) is 2.34. The number of aliphatic hydroxyl groups is 1. The van der Waals surface area contributed by atoms with Gasteiger partial charge in [0.05, 0.1) is 17.3 Å². The number of aromatic nitrogens is 3. The van der Waals surface area contributed by atoms with Crippen molar-refractivity contribution in [3.63, 3.8) is 0 Å². The van der Waals surface area contributed by atoms with Crippen molar-refractivity contribution in [1.82, 2.24) is 14.8 Å². The maximum absolute atomic E-state index is 9.99. The molecule has 0 aliphatic heterocycles. The minimum absolute atomic E-state index is 0.503. The van der Waals surface area contributed by atoms with Gasteiger partial charge in [0.2, 0.25) is 0 Å². The summed E-state index contributed by atoms with van der Waals surface area (Å²) in [6.45, 7) is 3.00. The lowest BCUT2D eigenvalue weighted by atomic mass is 10.1. The van der Waals surface area contributed by atoms with E-state index in [-0.39, 0.29) is 0 Å². The molecule has 16 heavy (non-hydrogen) atoms. The molecular weight excluding hydrogens is 222 g/mol. The fraction of sp³-hybridized carbons (Fsp3) is 0.455. The van der Waals surface area contributed by atoms with Gasteiger partial charge < -0.3 is 5.11 Å². The van der Waals surface area contributed by atoms with E-state index in [1.807, 2.05) is 16.3 Å². The minimum Gasteiger partial charge on any atom is -0.388 e. The topological polar surface area (TPSA) is 50.9 Å². The van der Waals surface area contributed by atoms with Crippen LogP contribution in [0.2, 0.25) is 0 Å². The number of thiazole rings is 1. The third-order valence-corrected chi connectivity index (χ3v) is 3.14. The number of aryl methyl sites for hydroxylation is 1. The molecule has 86 valence electrons. The largest absolute Gasteiger partial charge is 0.388 e. The van der Waals surface area contributed by atoms with Crippen molar-refractivity contribution in [1.29, 1.82) is 0 Å². The average molecular weight is 237 g/mol. The molecule has 0 saturated heterocycles. The summed E-state index contributed by atoms with van der Waals surface area (Å²) in [6, 6.07) is 0. The monoisotopic (exact) mass is 237 g/mol. The molecule has 1 N–H and O–H groups in total. The number of hydrogen-bond acceptors (Lipinski definition) is 4. The van der Waals surface area contributed by atoms with Gasteiger partial charge >= 0.3 is 0 Å². The van der Waals surface area contributed by atoms with Gasteiger partial charge in [-0.25, -0.2) is 4.98 Å². The van der Waals surface area contributed by atoms with Gasteiger partial charge in [0.25, 0.3) is 0 Å². The fourth-order valence-electron chi connectivity index (χ4n) is 1.54. The normalized spacial score (nSPS) is 12.9. The average Bonchev–Trinajstić information content (AvgIpc) is 2.89. The van der Waals surface area contributed by atoms with E-state index in [0.29, 0.717) is 6.42 Å². The van der Waals surface area contributed by atoms with Crippen LogP contribution >= 0.6 is 11.3 Å². The first-order valence-corrected chi connectivity index (χ1v) is 6.26. The molecule has 0 aliphatic carbocycles. The highest BCUT2D eigenvalue weighted by molar-refractivity contribution is 7.09. The van der Waals surface area contributed by atoms with Crippen LogP contribution in [0, 0.1) is 0 Å². The van der Waals surface area contributed by atoms with Gasteiger partial charge in [-0.1, -0.05) is 6.92 Å². The molecule has 2 aromatic heterocycles. The number of rotatable bonds is 5. The first kappa shape index (κ1) is 11.3. The van der Waals surface area contributed by atoms with Crippen molar-refractivity contribution in [2.24, 2.45) is 0 Å². The van der Waals surface area contributed by atoms with Crippen molar-refractivity contribution in [3.05, 3.63) is 34.5 Å². The predicted molar refractivity (Wildman–Crippen MR) is 63.3 cm³/mol. The molecule has 0 saturated carbocycles. The van der Waals surface area contributed by atoms with Crippen LogP contribution in [0.5, 0.6) is 0 Å². The van der Waals surface area contributed by atoms with Gasteiger partial charge in [-0.15, -0.1) is 11.3 Å². The smallest absolute Gasteiger partial charge is 0.0954 e. The van der Waals surface area contributed by atoms with Gasteiger partial charge in [0.15, 0.2) is 0 Å². The fourth-order valence-corrected chi connectivity index (χ4v) is 2.19. The Bertz CT molecular complexity index is 424. The zero-order chi connectivity index (χ0) is 11.4. The SMILES string of the molecule is CCCn1cc(C(O)Cc2nccs2)cn1. The molecule has 0 amide bonds. The van der Waals surface area contributed by atoms with Gasteiger partial charge in [-0.2, -0.15) is 5.10 Å². The Morgan fingerprint density at radius 3 is 3.12 bits per heavy atom. The molecule has 0 spiro atoms. The van der Waals surface area contributed by atoms with Crippen molar-refractivity contribution in [2.75, 3.05) is 0 Å². The maximum atomic E-state index is 9.99. The molecule has 0 bridgehead atoms. The molecular formula is C11H15N3OS. The van der Waals surface area contributed by atoms with Gasteiger partial charge in [0, 0.05) is 36.3 Å².